The summed E-state index contributed by atoms with van der Waals surface area (Å²) in [5.74, 6) is -0.233. The van der Waals surface area contributed by atoms with E-state index in [4.69, 9.17) is 26.3 Å². The number of hydrogen-bond acceptors (Lipinski definition) is 9. The van der Waals surface area contributed by atoms with E-state index in [-0.39, 0.29) is 17.9 Å². The topological polar surface area (TPSA) is 102 Å². The molecular weight excluding hydrogens is 643 g/mol. The number of nitrogens with zero attached hydrogens (tertiary/aromatic N) is 8. The molecule has 2 atom stereocenters. The minimum atomic E-state index is -0.682. The van der Waals surface area contributed by atoms with Crippen molar-refractivity contribution >= 4 is 45.4 Å². The number of nitriles is 1. The number of carbonyl (C=O) groups excluding carboxylic acids is 1. The van der Waals surface area contributed by atoms with E-state index in [1.54, 1.807) is 11.0 Å². The number of benzene rings is 2. The van der Waals surface area contributed by atoms with E-state index in [1.165, 1.54) is 12.3 Å². The number of fused-ring (bicyclic) bond motifs is 2. The van der Waals surface area contributed by atoms with Gasteiger partial charge in [0.05, 0.1) is 35.8 Å². The maximum absolute atomic E-state index is 13.8. The molecule has 3 aliphatic rings. The van der Waals surface area contributed by atoms with Crippen LogP contribution in [0.4, 0.5) is 15.9 Å². The number of halogens is 2. The van der Waals surface area contributed by atoms with Crippen LogP contribution in [0, 0.1) is 17.3 Å². The average Bonchev–Trinajstić information content (AvgIpc) is 3.53. The van der Waals surface area contributed by atoms with Gasteiger partial charge in [0.15, 0.2) is 0 Å². The second kappa shape index (κ2) is 14.0. The molecule has 10 nitrogen and oxygen atoms in total. The highest BCUT2D eigenvalue weighted by atomic mass is 35.5. The van der Waals surface area contributed by atoms with Crippen molar-refractivity contribution in [3.05, 3.63) is 89.1 Å². The maximum atomic E-state index is 13.8. The van der Waals surface area contributed by atoms with E-state index in [2.05, 4.69) is 63.6 Å². The van der Waals surface area contributed by atoms with Gasteiger partial charge >= 0.3 is 6.01 Å². The van der Waals surface area contributed by atoms with Crippen molar-refractivity contribution < 1.29 is 13.9 Å². The van der Waals surface area contributed by atoms with E-state index in [1.807, 2.05) is 12.1 Å². The summed E-state index contributed by atoms with van der Waals surface area (Å²) >= 11 is 6.72. The zero-order valence-corrected chi connectivity index (χ0v) is 28.2. The number of aromatic nitrogens is 3. The summed E-state index contributed by atoms with van der Waals surface area (Å²) < 4.78 is 20.2. The minimum Gasteiger partial charge on any atom is -0.462 e. The summed E-state index contributed by atoms with van der Waals surface area (Å²) in [6.45, 7) is 8.02. The molecular formula is C37H38ClFN8O2. The molecule has 0 radical (unpaired) electrons. The number of pyridine rings is 1. The lowest BCUT2D eigenvalue weighted by molar-refractivity contribution is -0.127. The van der Waals surface area contributed by atoms with Gasteiger partial charge < -0.3 is 24.3 Å². The second-order valence-electron chi connectivity index (χ2n) is 12.9. The van der Waals surface area contributed by atoms with Crippen molar-refractivity contribution in [2.75, 3.05) is 56.2 Å². The molecule has 0 saturated carbocycles. The first kappa shape index (κ1) is 32.7. The first-order chi connectivity index (χ1) is 23.8. The number of amides is 1. The van der Waals surface area contributed by atoms with Crippen LogP contribution in [0.15, 0.2) is 61.3 Å². The number of hydrogen-bond donors (Lipinski definition) is 0. The minimum absolute atomic E-state index is 0.125. The lowest BCUT2D eigenvalue weighted by Gasteiger charge is -2.42. The van der Waals surface area contributed by atoms with Gasteiger partial charge in [-0.25, -0.2) is 4.98 Å². The number of likely N-dealkylation sites (N-methyl/N-ethyl adjacent to an activating group) is 1. The van der Waals surface area contributed by atoms with Crippen LogP contribution in [0.5, 0.6) is 6.01 Å². The molecule has 2 saturated heterocycles. The highest BCUT2D eigenvalue weighted by Crippen LogP contribution is 2.37. The Morgan fingerprint density at radius 1 is 1.10 bits per heavy atom. The molecule has 49 heavy (non-hydrogen) atoms. The zero-order chi connectivity index (χ0) is 34.1. The van der Waals surface area contributed by atoms with Crippen molar-refractivity contribution in [3.63, 3.8) is 0 Å². The van der Waals surface area contributed by atoms with E-state index in [0.29, 0.717) is 61.8 Å². The number of ether oxygens (including phenoxy) is 1. The molecule has 252 valence electrons. The van der Waals surface area contributed by atoms with Crippen molar-refractivity contribution in [1.82, 2.24) is 24.8 Å². The van der Waals surface area contributed by atoms with E-state index >= 15 is 0 Å². The summed E-state index contributed by atoms with van der Waals surface area (Å²) in [5.41, 5.74) is 3.52. The second-order valence-corrected chi connectivity index (χ2v) is 13.3. The number of carbonyl (C=O) groups is 1. The molecule has 2 aromatic heterocycles. The Hall–Kier alpha value is -4.79. The highest BCUT2D eigenvalue weighted by Gasteiger charge is 2.35. The van der Waals surface area contributed by atoms with Gasteiger partial charge in [-0.1, -0.05) is 42.4 Å². The molecule has 0 spiro atoms. The van der Waals surface area contributed by atoms with Crippen LogP contribution < -0.4 is 14.5 Å². The normalized spacial score (nSPS) is 19.5. The van der Waals surface area contributed by atoms with Crippen LogP contribution in [0.3, 0.4) is 0 Å². The van der Waals surface area contributed by atoms with Crippen LogP contribution in [0.1, 0.15) is 36.1 Å². The lowest BCUT2D eigenvalue weighted by atomic mass is 10.0. The fourth-order valence-electron chi connectivity index (χ4n) is 7.30. The zero-order valence-electron chi connectivity index (χ0n) is 27.5. The molecule has 0 bridgehead atoms. The fourth-order valence-corrected chi connectivity index (χ4v) is 7.58. The van der Waals surface area contributed by atoms with Crippen LogP contribution in [-0.2, 0) is 17.8 Å². The standard InChI is InChI=1S/C37H38ClFN8O2/c1-24(26-12-15-41-33(39)20-26)36(48)47-19-18-46(21-27(47)11-14-40)35-29-13-17-45(32-10-4-7-25-6-3-9-30(38)34(25)32)22-31(29)42-37(43-35)49-23-28-8-5-16-44(28)2/h3-4,6-7,9-10,12,15,20,27-28H,1,5,8,11,13,16-19,21-23H2,2H3/t27-,28-/m0/s1. The average molecular weight is 681 g/mol. The Balaban J connectivity index is 1.19. The Morgan fingerprint density at radius 3 is 2.71 bits per heavy atom. The highest BCUT2D eigenvalue weighted by molar-refractivity contribution is 6.36. The fraction of sp³-hybridized carbons (Fsp3) is 0.378. The van der Waals surface area contributed by atoms with Crippen molar-refractivity contribution in [3.8, 4) is 12.1 Å². The maximum Gasteiger partial charge on any atom is 0.318 e. The van der Waals surface area contributed by atoms with Crippen LogP contribution in [0.2, 0.25) is 5.02 Å². The van der Waals surface area contributed by atoms with E-state index in [0.717, 1.165) is 59.5 Å². The molecule has 1 amide bonds. The number of likely N-dealkylation sites (tertiary alicyclic amines) is 1. The van der Waals surface area contributed by atoms with Crippen molar-refractivity contribution in [2.24, 2.45) is 0 Å². The summed E-state index contributed by atoms with van der Waals surface area (Å²) in [4.78, 5) is 35.6. The summed E-state index contributed by atoms with van der Waals surface area (Å²) in [6, 6.07) is 17.4. The molecule has 4 aromatic rings. The van der Waals surface area contributed by atoms with Gasteiger partial charge in [0, 0.05) is 66.7 Å². The monoisotopic (exact) mass is 680 g/mol. The molecule has 2 fully saturated rings. The molecule has 12 heteroatoms. The number of anilines is 2. The molecule has 2 aromatic carbocycles. The van der Waals surface area contributed by atoms with Gasteiger partial charge in [0.25, 0.3) is 5.91 Å². The van der Waals surface area contributed by atoms with E-state index in [9.17, 15) is 14.4 Å². The molecule has 5 heterocycles. The van der Waals surface area contributed by atoms with Crippen LogP contribution >= 0.6 is 11.6 Å². The van der Waals surface area contributed by atoms with Gasteiger partial charge in [-0.3, -0.25) is 4.79 Å². The summed E-state index contributed by atoms with van der Waals surface area (Å²) in [7, 11) is 2.11. The Labute approximate surface area is 290 Å². The van der Waals surface area contributed by atoms with Crippen LogP contribution in [-0.4, -0.2) is 89.1 Å². The third-order valence-electron chi connectivity index (χ3n) is 9.97. The van der Waals surface area contributed by atoms with Gasteiger partial charge in [-0.2, -0.15) is 19.6 Å². The van der Waals surface area contributed by atoms with Gasteiger partial charge in [-0.15, -0.1) is 0 Å². The smallest absolute Gasteiger partial charge is 0.318 e. The first-order valence-electron chi connectivity index (χ1n) is 16.7. The lowest BCUT2D eigenvalue weighted by Crippen LogP contribution is -2.56. The predicted octanol–water partition coefficient (Wildman–Crippen LogP) is 5.50. The van der Waals surface area contributed by atoms with Gasteiger partial charge in [0.1, 0.15) is 12.4 Å². The predicted molar refractivity (Wildman–Crippen MR) is 188 cm³/mol. The van der Waals surface area contributed by atoms with Crippen LogP contribution in [0.25, 0.3) is 16.3 Å². The molecule has 0 unspecified atom stereocenters. The van der Waals surface area contributed by atoms with Gasteiger partial charge in [0.2, 0.25) is 5.95 Å². The molecule has 0 aliphatic carbocycles. The SMILES string of the molecule is C=C(C(=O)N1CCN(c2nc(OC[C@@H]3CCCN3C)nc3c2CCN(c2cccc4cccc(Cl)c24)C3)C[C@@H]1CC#N)c1ccnc(F)c1. The van der Waals surface area contributed by atoms with Gasteiger partial charge in [-0.05, 0) is 62.0 Å². The summed E-state index contributed by atoms with van der Waals surface area (Å²) in [5, 5.41) is 12.6. The Morgan fingerprint density at radius 2 is 1.94 bits per heavy atom. The molecule has 0 N–H and O–H groups in total. The summed E-state index contributed by atoms with van der Waals surface area (Å²) in [6.07, 6.45) is 4.33. The number of rotatable bonds is 8. The molecule has 3 aliphatic heterocycles. The van der Waals surface area contributed by atoms with Crippen molar-refractivity contribution in [1.29, 1.82) is 5.26 Å². The Bertz CT molecular complexity index is 1940. The number of piperazine rings is 1. The largest absolute Gasteiger partial charge is 0.462 e. The third kappa shape index (κ3) is 6.63. The first-order valence-corrected chi connectivity index (χ1v) is 17.1. The Kier molecular flexibility index (Phi) is 9.34. The van der Waals surface area contributed by atoms with Crippen molar-refractivity contribution in [2.45, 2.75) is 44.3 Å². The quantitative estimate of drug-likeness (QED) is 0.176. The van der Waals surface area contributed by atoms with E-state index < -0.39 is 12.0 Å². The third-order valence-corrected chi connectivity index (χ3v) is 10.3. The molecule has 7 rings (SSSR count).